The Bertz CT molecular complexity index is 7890. The predicted molar refractivity (Wildman–Crippen MR) is 442 cm³/mol. The molecule has 486 valence electrons. The summed E-state index contributed by atoms with van der Waals surface area (Å²) in [4.78, 5) is 0. The van der Waals surface area contributed by atoms with Gasteiger partial charge in [-0.15, -0.1) is 0 Å². The van der Waals surface area contributed by atoms with E-state index in [1.54, 1.807) is 24.3 Å². The number of fused-ring (bicyclic) bond motifs is 24. The van der Waals surface area contributed by atoms with Gasteiger partial charge < -0.3 is 18.3 Å². The topological polar surface area (TPSA) is 19.7 Å². The van der Waals surface area contributed by atoms with E-state index < -0.39 is 157 Å². The Kier molecular flexibility index (Phi) is 8.71. The summed E-state index contributed by atoms with van der Waals surface area (Å²) in [6.07, 6.45) is 0. The van der Waals surface area contributed by atoms with Gasteiger partial charge in [-0.05, 0) is 165 Å². The van der Waals surface area contributed by atoms with Crippen LogP contribution in [0.2, 0.25) is 0 Å². The van der Waals surface area contributed by atoms with E-state index in [0.29, 0.717) is 76.4 Å². The van der Waals surface area contributed by atoms with Gasteiger partial charge in [0.05, 0.1) is 87.0 Å². The number of rotatable bonds is 4. The van der Waals surface area contributed by atoms with E-state index in [1.165, 1.54) is 9.13 Å². The number of para-hydroxylation sites is 4. The minimum Gasteiger partial charge on any atom is -0.309 e. The van der Waals surface area contributed by atoms with Crippen LogP contribution in [-0.4, -0.2) is 25.0 Å². The quantitative estimate of drug-likeness (QED) is 0.157. The molecule has 0 amide bonds. The van der Waals surface area contributed by atoms with Gasteiger partial charge in [-0.1, -0.05) is 290 Å². The first-order valence-corrected chi connectivity index (χ1v) is 34.5. The van der Waals surface area contributed by atoms with Crippen molar-refractivity contribution in [2.24, 2.45) is 0 Å². The summed E-state index contributed by atoms with van der Waals surface area (Å²) in [5.74, 6) is 0. The summed E-state index contributed by atoms with van der Waals surface area (Å²) in [5.41, 5.74) is 0.562. The van der Waals surface area contributed by atoms with Crippen molar-refractivity contribution in [2.45, 2.75) is 52.4 Å². The molecule has 2 aliphatic rings. The molecule has 6 heterocycles. The highest BCUT2D eigenvalue weighted by Gasteiger charge is 2.42. The van der Waals surface area contributed by atoms with E-state index in [2.05, 4.69) is 65.8 Å². The molecule has 4 nitrogen and oxygen atoms in total. The van der Waals surface area contributed by atoms with E-state index in [4.69, 9.17) is 0 Å². The third-order valence-corrected chi connectivity index (χ3v) is 21.2. The Morgan fingerprint density at radius 2 is 0.573 bits per heavy atom. The van der Waals surface area contributed by atoms with Crippen molar-refractivity contribution in [1.29, 1.82) is 0 Å². The molecule has 0 aliphatic carbocycles. The summed E-state index contributed by atoms with van der Waals surface area (Å²) in [5, 5.41) is 3.59. The molecule has 15 aromatic carbocycles. The van der Waals surface area contributed by atoms with Crippen LogP contribution in [-0.2, 0) is 10.8 Å². The van der Waals surface area contributed by atoms with E-state index in [0.717, 1.165) is 11.1 Å². The second kappa shape index (κ2) is 22.0. The minimum atomic E-state index is -1.81. The lowest BCUT2D eigenvalue weighted by atomic mass is 9.34. The third kappa shape index (κ3) is 8.54. The Hall–Kier alpha value is -12.4. The van der Waals surface area contributed by atoms with Crippen molar-refractivity contribution in [2.75, 3.05) is 0 Å². The Balaban J connectivity index is 1.17. The maximum atomic E-state index is 11.9. The molecule has 19 aromatic rings. The molecule has 0 spiro atoms. The van der Waals surface area contributed by atoms with Crippen LogP contribution >= 0.6 is 0 Å². The second-order valence-electron chi connectivity index (χ2n) is 28.9. The van der Waals surface area contributed by atoms with Gasteiger partial charge >= 0.3 is 0 Å². The average molecular weight is 1340 g/mol. The summed E-state index contributed by atoms with van der Waals surface area (Å²) in [6, 6.07) is 41.2. The van der Waals surface area contributed by atoms with E-state index in [9.17, 15) is 31.5 Å². The molecule has 0 bridgehead atoms. The van der Waals surface area contributed by atoms with Crippen LogP contribution < -0.4 is 16.4 Å². The molecule has 0 atom stereocenters. The van der Waals surface area contributed by atoms with Gasteiger partial charge in [-0.2, -0.15) is 0 Å². The van der Waals surface area contributed by atoms with Crippen LogP contribution in [0.25, 0.3) is 175 Å². The van der Waals surface area contributed by atoms with Crippen LogP contribution in [0.3, 0.4) is 0 Å². The minimum absolute atomic E-state index is 0.0213. The maximum Gasteiger partial charge on any atom is 0.252 e. The number of aromatic nitrogens is 4. The highest BCUT2D eigenvalue weighted by molar-refractivity contribution is 7.00. The lowest BCUT2D eigenvalue weighted by molar-refractivity contribution is 0.591. The molecular formula is C98H71BN4. The molecule has 5 heteroatoms. The van der Waals surface area contributed by atoms with Gasteiger partial charge in [0, 0.05) is 65.6 Å². The highest BCUT2D eigenvalue weighted by Crippen LogP contribution is 2.49. The fraction of sp³-hybridized carbons (Fsp3) is 0.0816. The largest absolute Gasteiger partial charge is 0.309 e. The SMILES string of the molecule is [2H]c1c([2H])c2c3c(c1[2H])-n1c4c(-c5ccccc5)cc(C(C)(C)C)cc4c4ccccc4c4ccccc4c4c(-n5c6c([2H])c([2H])c([2H])c([2H])c6c6c([2H])c([2H])c([2H])c([2H])c65)c([2H])c([2H])c(c41)B3c1c([2H])c([2H])c(-n3c4c([2H])c([2H])c([2H])c([2H])c4c4c([2H])c([2H])c([2H])c([2H])c43)c3c4ccccc4c4ccccc4c4cc(C(C)(C)C)cc(-c5ccccc5)c4n-2c13. The van der Waals surface area contributed by atoms with Crippen LogP contribution in [0.1, 0.15) is 84.2 Å². The van der Waals surface area contributed by atoms with Crippen molar-refractivity contribution in [1.82, 2.24) is 18.3 Å². The van der Waals surface area contributed by atoms with E-state index in [1.807, 2.05) is 143 Å². The number of hydrogen-bond acceptors (Lipinski definition) is 0. The first-order chi connectivity index (χ1) is 60.0. The predicted octanol–water partition coefficient (Wildman–Crippen LogP) is 24.0. The Labute approximate surface area is 630 Å². The molecule has 2 aliphatic heterocycles. The van der Waals surface area contributed by atoms with Gasteiger partial charge in [0.25, 0.3) is 6.71 Å². The standard InChI is InChI=1S/C98H71BN4/c1-97(2,3)62-56-76(60-30-9-7-10-31-60)93-78(58-62)68-38-15-13-34-64(68)66-36-17-19-44-74(66)90-86(100-82-46-25-21-40-70(82)71-41-22-26-47-83(71)100)54-52-80-95(90)102(93)88-50-29-51-89-92(88)99(80)81-53-55-87(101-84-48-27-23-42-72(84)73-43-24-28-49-85(73)101)91-75-45-20-18-37-67(75)65-35-14-16-39-69(65)79-59-63(98(4,5)6)57-77(61-32-11-8-12-33-61)94(79)103(89)96(81)91/h7-59H,1-6H3/i21D,22D,23D,24D,25D,26D,27D,28D,29D,40D,41D,42D,43D,46D,47D,48D,49D,50D,51D,52D,53D,54D,55D. The number of nitrogens with zero attached hydrogens (tertiary/aromatic N) is 4. The normalized spacial score (nSPS) is 15.9. The molecule has 4 aromatic heterocycles. The van der Waals surface area contributed by atoms with E-state index >= 15 is 0 Å². The lowest BCUT2D eigenvalue weighted by Crippen LogP contribution is -2.59. The average Bonchev–Trinajstić information content (AvgIpc) is 1.02. The summed E-state index contributed by atoms with van der Waals surface area (Å²) in [6.45, 7) is 10.7. The van der Waals surface area contributed by atoms with Crippen molar-refractivity contribution >= 4 is 153 Å². The van der Waals surface area contributed by atoms with Crippen molar-refractivity contribution in [3.8, 4) is 45.0 Å². The Morgan fingerprint density at radius 3 is 0.922 bits per heavy atom. The molecular weight excluding hydrogens is 1240 g/mol. The molecule has 0 saturated carbocycles. The van der Waals surface area contributed by atoms with Crippen LogP contribution in [0, 0.1) is 0 Å². The van der Waals surface area contributed by atoms with Gasteiger partial charge in [0.15, 0.2) is 0 Å². The van der Waals surface area contributed by atoms with Crippen molar-refractivity contribution < 1.29 is 31.5 Å². The molecule has 0 unspecified atom stereocenters. The first kappa shape index (κ1) is 40.7. The fourth-order valence-electron chi connectivity index (χ4n) is 16.6. The van der Waals surface area contributed by atoms with E-state index in [-0.39, 0.29) is 115 Å². The smallest absolute Gasteiger partial charge is 0.252 e. The number of benzene rings is 15. The van der Waals surface area contributed by atoms with Crippen molar-refractivity contribution in [3.05, 3.63) is 332 Å². The molecule has 0 N–H and O–H groups in total. The molecule has 0 saturated heterocycles. The first-order valence-electron chi connectivity index (χ1n) is 46.0. The number of hydrogen-bond donors (Lipinski definition) is 0. The van der Waals surface area contributed by atoms with Gasteiger partial charge in [-0.25, -0.2) is 0 Å². The van der Waals surface area contributed by atoms with Gasteiger partial charge in [-0.3, -0.25) is 0 Å². The van der Waals surface area contributed by atoms with Crippen LogP contribution in [0.15, 0.2) is 321 Å². The van der Waals surface area contributed by atoms with Crippen LogP contribution in [0.5, 0.6) is 0 Å². The molecule has 103 heavy (non-hydrogen) atoms. The molecule has 21 rings (SSSR count). The summed E-state index contributed by atoms with van der Waals surface area (Å²) < 4.78 is 243. The Morgan fingerprint density at radius 1 is 0.262 bits per heavy atom. The second-order valence-corrected chi connectivity index (χ2v) is 28.9. The zero-order valence-corrected chi connectivity index (χ0v) is 56.7. The monoisotopic (exact) mass is 1340 g/mol. The third-order valence-electron chi connectivity index (χ3n) is 21.2. The highest BCUT2D eigenvalue weighted by atomic mass is 15.1. The zero-order chi connectivity index (χ0) is 88.7. The van der Waals surface area contributed by atoms with Crippen LogP contribution in [0.4, 0.5) is 0 Å². The van der Waals surface area contributed by atoms with Gasteiger partial charge in [0.2, 0.25) is 0 Å². The fourth-order valence-corrected chi connectivity index (χ4v) is 16.6. The summed E-state index contributed by atoms with van der Waals surface area (Å²) >= 11 is 0. The maximum absolute atomic E-state index is 11.9. The lowest BCUT2D eigenvalue weighted by Gasteiger charge is -2.37. The van der Waals surface area contributed by atoms with Gasteiger partial charge in [0.1, 0.15) is 0 Å². The molecule has 0 fully saturated rings. The summed E-state index contributed by atoms with van der Waals surface area (Å²) in [7, 11) is 0. The zero-order valence-electron chi connectivity index (χ0n) is 79.7. The van der Waals surface area contributed by atoms with Crippen molar-refractivity contribution in [3.63, 3.8) is 0 Å². The molecule has 0 radical (unpaired) electrons.